The highest BCUT2D eigenvalue weighted by Crippen LogP contribution is 2.59. The normalized spacial score (nSPS) is 29.6. The molecule has 4 rings (SSSR count). The molecule has 2 aliphatic carbocycles. The van der Waals surface area contributed by atoms with Crippen molar-refractivity contribution < 1.29 is 29.3 Å². The first-order chi connectivity index (χ1) is 12.4. The van der Waals surface area contributed by atoms with Crippen LogP contribution in [-0.4, -0.2) is 53.8 Å². The molecule has 1 aromatic carbocycles. The first-order valence-electron chi connectivity index (χ1n) is 8.91. The van der Waals surface area contributed by atoms with Crippen molar-refractivity contribution >= 4 is 11.9 Å². The number of phenolic OH excluding ortho intramolecular Hbond substituents is 2. The van der Waals surface area contributed by atoms with Gasteiger partial charge in [-0.3, -0.25) is 4.79 Å². The van der Waals surface area contributed by atoms with E-state index in [0.29, 0.717) is 44.2 Å². The van der Waals surface area contributed by atoms with E-state index < -0.39 is 5.41 Å². The standard InChI is InChI=1S/C19H23NO6/c1-25-17-14(22)8-10-7-13-12-4-3-11(21)9-19(12,15(10)16(17)23)5-6-20(13)18(24)26-2/h8,12-13,22-23H,3-7,9H2,1-2H3/t12-,13+,19-/m0/s1. The molecule has 0 spiro atoms. The number of benzene rings is 1. The Morgan fingerprint density at radius 1 is 1.35 bits per heavy atom. The molecule has 1 aliphatic heterocycles. The molecule has 26 heavy (non-hydrogen) atoms. The lowest BCUT2D eigenvalue weighted by molar-refractivity contribution is -0.126. The van der Waals surface area contributed by atoms with E-state index in [0.717, 1.165) is 5.56 Å². The summed E-state index contributed by atoms with van der Waals surface area (Å²) in [6.45, 7) is 0.475. The van der Waals surface area contributed by atoms with E-state index in [1.807, 2.05) is 0 Å². The minimum absolute atomic E-state index is 0.0451. The van der Waals surface area contributed by atoms with Crippen molar-refractivity contribution in [3.63, 3.8) is 0 Å². The van der Waals surface area contributed by atoms with Crippen LogP contribution in [0.15, 0.2) is 6.07 Å². The number of Topliss-reactive ketones (excluding diaryl/α,β-unsaturated/α-hetero) is 1. The summed E-state index contributed by atoms with van der Waals surface area (Å²) in [4.78, 5) is 26.4. The lowest BCUT2D eigenvalue weighted by Crippen LogP contribution is -2.63. The second-order valence-corrected chi connectivity index (χ2v) is 7.51. The Balaban J connectivity index is 1.92. The Bertz CT molecular complexity index is 791. The van der Waals surface area contributed by atoms with Crippen LogP contribution in [0.4, 0.5) is 4.79 Å². The number of aromatic hydroxyl groups is 2. The molecule has 0 aromatic heterocycles. The van der Waals surface area contributed by atoms with E-state index >= 15 is 0 Å². The van der Waals surface area contributed by atoms with Crippen molar-refractivity contribution in [3.8, 4) is 17.2 Å². The molecule has 3 aliphatic rings. The van der Waals surface area contributed by atoms with Gasteiger partial charge in [0.2, 0.25) is 5.75 Å². The number of ether oxygens (including phenoxy) is 2. The highest BCUT2D eigenvalue weighted by atomic mass is 16.5. The number of carbonyl (C=O) groups is 2. The minimum Gasteiger partial charge on any atom is -0.504 e. The van der Waals surface area contributed by atoms with Gasteiger partial charge in [-0.2, -0.15) is 0 Å². The molecule has 2 N–H and O–H groups in total. The molecule has 7 heteroatoms. The molecule has 0 unspecified atom stereocenters. The summed E-state index contributed by atoms with van der Waals surface area (Å²) in [6, 6.07) is 1.49. The number of ketones is 1. The number of hydrogen-bond acceptors (Lipinski definition) is 6. The van der Waals surface area contributed by atoms with Crippen LogP contribution in [0.25, 0.3) is 0 Å². The number of likely N-dealkylation sites (tertiary alicyclic amines) is 1. The fourth-order valence-corrected chi connectivity index (χ4v) is 5.53. The van der Waals surface area contributed by atoms with Gasteiger partial charge in [-0.05, 0) is 36.8 Å². The Labute approximate surface area is 151 Å². The number of carbonyl (C=O) groups excluding carboxylic acids is 2. The summed E-state index contributed by atoms with van der Waals surface area (Å²) in [5, 5.41) is 21.1. The molecule has 1 saturated heterocycles. The van der Waals surface area contributed by atoms with E-state index in [9.17, 15) is 19.8 Å². The van der Waals surface area contributed by atoms with Gasteiger partial charge in [0, 0.05) is 36.4 Å². The van der Waals surface area contributed by atoms with Crippen LogP contribution in [0, 0.1) is 5.92 Å². The average molecular weight is 361 g/mol. The Hall–Kier alpha value is -2.44. The first-order valence-corrected chi connectivity index (χ1v) is 8.91. The maximum absolute atomic E-state index is 12.4. The SMILES string of the molecule is COC(=O)N1CC[C@]23CC(=O)CC[C@H]2[C@H]1Cc1cc(O)c(OC)c(O)c13. The van der Waals surface area contributed by atoms with Gasteiger partial charge >= 0.3 is 6.09 Å². The number of methoxy groups -OCH3 is 2. The fraction of sp³-hybridized carbons (Fsp3) is 0.579. The predicted octanol–water partition coefficient (Wildman–Crippen LogP) is 2.11. The number of fused-ring (bicyclic) bond motifs is 1. The summed E-state index contributed by atoms with van der Waals surface area (Å²) in [6.07, 6.45) is 2.23. The number of rotatable bonds is 1. The van der Waals surface area contributed by atoms with Crippen molar-refractivity contribution in [2.75, 3.05) is 20.8 Å². The van der Waals surface area contributed by atoms with Crippen molar-refractivity contribution in [3.05, 3.63) is 17.2 Å². The van der Waals surface area contributed by atoms with E-state index in [2.05, 4.69) is 0 Å². The first kappa shape index (κ1) is 17.0. The molecule has 3 atom stereocenters. The molecular formula is C19H23NO6. The van der Waals surface area contributed by atoms with Crippen molar-refractivity contribution in [2.24, 2.45) is 5.92 Å². The van der Waals surface area contributed by atoms with Crippen LogP contribution >= 0.6 is 0 Å². The topological polar surface area (TPSA) is 96.3 Å². The van der Waals surface area contributed by atoms with Crippen LogP contribution in [0.2, 0.25) is 0 Å². The summed E-state index contributed by atoms with van der Waals surface area (Å²) in [5.41, 5.74) is 0.958. The quantitative estimate of drug-likeness (QED) is 0.795. The summed E-state index contributed by atoms with van der Waals surface area (Å²) >= 11 is 0. The van der Waals surface area contributed by atoms with Gasteiger partial charge in [0.25, 0.3) is 0 Å². The van der Waals surface area contributed by atoms with Gasteiger partial charge in [-0.25, -0.2) is 4.79 Å². The third kappa shape index (κ3) is 2.12. The average Bonchev–Trinajstić information content (AvgIpc) is 2.60. The van der Waals surface area contributed by atoms with Gasteiger partial charge in [0.05, 0.1) is 14.2 Å². The lowest BCUT2D eigenvalue weighted by atomic mass is 9.52. The molecule has 1 saturated carbocycles. The highest BCUT2D eigenvalue weighted by molar-refractivity contribution is 5.82. The van der Waals surface area contributed by atoms with Gasteiger partial charge in [-0.15, -0.1) is 0 Å². The Morgan fingerprint density at radius 3 is 2.81 bits per heavy atom. The number of piperidine rings is 1. The monoisotopic (exact) mass is 361 g/mol. The molecule has 2 bridgehead atoms. The largest absolute Gasteiger partial charge is 0.504 e. The summed E-state index contributed by atoms with van der Waals surface area (Å²) < 4.78 is 10.1. The van der Waals surface area contributed by atoms with E-state index in [1.165, 1.54) is 14.2 Å². The molecule has 1 heterocycles. The molecule has 2 fully saturated rings. The maximum Gasteiger partial charge on any atom is 0.409 e. The number of nitrogens with zero attached hydrogens (tertiary/aromatic N) is 1. The Kier molecular flexibility index (Phi) is 3.78. The van der Waals surface area contributed by atoms with Gasteiger partial charge in [-0.1, -0.05) is 0 Å². The highest BCUT2D eigenvalue weighted by Gasteiger charge is 2.58. The van der Waals surface area contributed by atoms with Crippen LogP contribution in [0.5, 0.6) is 17.2 Å². The zero-order valence-electron chi connectivity index (χ0n) is 14.9. The van der Waals surface area contributed by atoms with Crippen molar-refractivity contribution in [1.82, 2.24) is 4.90 Å². The van der Waals surface area contributed by atoms with Crippen LogP contribution < -0.4 is 4.74 Å². The second-order valence-electron chi connectivity index (χ2n) is 7.51. The van der Waals surface area contributed by atoms with Crippen molar-refractivity contribution in [2.45, 2.75) is 43.6 Å². The molecule has 0 radical (unpaired) electrons. The predicted molar refractivity (Wildman–Crippen MR) is 91.6 cm³/mol. The van der Waals surface area contributed by atoms with Crippen LogP contribution in [0.1, 0.15) is 36.8 Å². The minimum atomic E-state index is -0.525. The second kappa shape index (κ2) is 5.79. The van der Waals surface area contributed by atoms with E-state index in [1.54, 1.807) is 11.0 Å². The van der Waals surface area contributed by atoms with Gasteiger partial charge in [0.1, 0.15) is 5.78 Å². The molecule has 7 nitrogen and oxygen atoms in total. The zero-order valence-corrected chi connectivity index (χ0v) is 14.9. The van der Waals surface area contributed by atoms with E-state index in [-0.39, 0.29) is 41.1 Å². The fourth-order valence-electron chi connectivity index (χ4n) is 5.53. The van der Waals surface area contributed by atoms with Crippen LogP contribution in [-0.2, 0) is 21.4 Å². The smallest absolute Gasteiger partial charge is 0.409 e. The molecule has 140 valence electrons. The Morgan fingerprint density at radius 2 is 2.12 bits per heavy atom. The van der Waals surface area contributed by atoms with Gasteiger partial charge in [0.15, 0.2) is 11.5 Å². The van der Waals surface area contributed by atoms with Gasteiger partial charge < -0.3 is 24.6 Å². The maximum atomic E-state index is 12.4. The van der Waals surface area contributed by atoms with E-state index in [4.69, 9.17) is 9.47 Å². The summed E-state index contributed by atoms with van der Waals surface area (Å²) in [7, 11) is 2.77. The third-order valence-corrected chi connectivity index (χ3v) is 6.48. The third-order valence-electron chi connectivity index (χ3n) is 6.48. The van der Waals surface area contributed by atoms with Crippen LogP contribution in [0.3, 0.4) is 0 Å². The zero-order chi connectivity index (χ0) is 18.6. The number of hydrogen-bond donors (Lipinski definition) is 2. The summed E-state index contributed by atoms with van der Waals surface area (Å²) in [5.74, 6) is 0.0749. The van der Waals surface area contributed by atoms with Crippen molar-refractivity contribution in [1.29, 1.82) is 0 Å². The lowest BCUT2D eigenvalue weighted by Gasteiger charge is -2.58. The molecular weight excluding hydrogens is 338 g/mol. The number of phenols is 2. The molecule has 1 amide bonds. The number of amides is 1. The molecule has 1 aromatic rings.